The number of halogens is 1. The largest absolute Gasteiger partial charge is 0.444 e. The first kappa shape index (κ1) is 19.8. The highest BCUT2D eigenvalue weighted by atomic mass is 35.5. The van der Waals surface area contributed by atoms with Gasteiger partial charge >= 0.3 is 5.97 Å². The number of benzene rings is 2. The van der Waals surface area contributed by atoms with Gasteiger partial charge in [-0.25, -0.2) is 4.79 Å². The third-order valence-corrected chi connectivity index (χ3v) is 4.92. The first-order chi connectivity index (χ1) is 13.5. The Balaban J connectivity index is 1.86. The van der Waals surface area contributed by atoms with Crippen molar-refractivity contribution in [2.45, 2.75) is 25.4 Å². The first-order valence-electron chi connectivity index (χ1n) is 8.96. The highest BCUT2D eigenvalue weighted by Crippen LogP contribution is 2.27. The topological polar surface area (TPSA) is 89.8 Å². The summed E-state index contributed by atoms with van der Waals surface area (Å²) >= 11 is 6.03. The minimum absolute atomic E-state index is 0.0281. The Morgan fingerprint density at radius 3 is 2.36 bits per heavy atom. The molecule has 1 fully saturated rings. The third-order valence-electron chi connectivity index (χ3n) is 4.60. The van der Waals surface area contributed by atoms with Crippen molar-refractivity contribution in [1.82, 2.24) is 4.90 Å². The molecule has 1 atom stereocenters. The lowest BCUT2D eigenvalue weighted by molar-refractivity contribution is -0.384. The maximum atomic E-state index is 13.0. The number of amides is 1. The number of carbonyl (C=O) groups excluding carboxylic acids is 2. The van der Waals surface area contributed by atoms with E-state index in [4.69, 9.17) is 16.3 Å². The summed E-state index contributed by atoms with van der Waals surface area (Å²) in [6, 6.07) is 12.3. The lowest BCUT2D eigenvalue weighted by Gasteiger charge is -2.30. The molecule has 28 heavy (non-hydrogen) atoms. The predicted molar refractivity (Wildman–Crippen MR) is 103 cm³/mol. The quantitative estimate of drug-likeness (QED) is 0.425. The Labute approximate surface area is 167 Å². The molecule has 1 saturated heterocycles. The summed E-state index contributed by atoms with van der Waals surface area (Å²) in [5, 5.41) is 10.7. The third kappa shape index (κ3) is 4.48. The van der Waals surface area contributed by atoms with Crippen LogP contribution < -0.4 is 0 Å². The van der Waals surface area contributed by atoms with Crippen LogP contribution >= 0.6 is 11.6 Å². The second kappa shape index (κ2) is 8.84. The Kier molecular flexibility index (Phi) is 6.26. The molecule has 0 saturated carbocycles. The van der Waals surface area contributed by atoms with E-state index in [1.165, 1.54) is 12.1 Å². The summed E-state index contributed by atoms with van der Waals surface area (Å²) in [5.41, 5.74) is 0.301. The van der Waals surface area contributed by atoms with Crippen molar-refractivity contribution in [3.63, 3.8) is 0 Å². The van der Waals surface area contributed by atoms with Gasteiger partial charge in [-0.1, -0.05) is 41.9 Å². The number of non-ortho nitro benzene ring substituents is 1. The summed E-state index contributed by atoms with van der Waals surface area (Å²) in [4.78, 5) is 37.6. The van der Waals surface area contributed by atoms with Crippen LogP contribution in [0.4, 0.5) is 5.69 Å². The van der Waals surface area contributed by atoms with Gasteiger partial charge in [-0.05, 0) is 25.3 Å². The molecule has 7 nitrogen and oxygen atoms in total. The van der Waals surface area contributed by atoms with Gasteiger partial charge in [0.1, 0.15) is 0 Å². The van der Waals surface area contributed by atoms with E-state index >= 15 is 0 Å². The Bertz CT molecular complexity index is 881. The molecule has 0 N–H and O–H groups in total. The van der Waals surface area contributed by atoms with Crippen LogP contribution in [-0.4, -0.2) is 34.8 Å². The van der Waals surface area contributed by atoms with E-state index in [0.717, 1.165) is 25.3 Å². The van der Waals surface area contributed by atoms with Crippen molar-refractivity contribution in [1.29, 1.82) is 0 Å². The Morgan fingerprint density at radius 1 is 1.07 bits per heavy atom. The second-order valence-corrected chi connectivity index (χ2v) is 6.91. The number of hydrogen-bond acceptors (Lipinski definition) is 5. The van der Waals surface area contributed by atoms with E-state index in [1.807, 2.05) is 0 Å². The molecule has 0 bridgehead atoms. The number of carbonyl (C=O) groups is 2. The van der Waals surface area contributed by atoms with Gasteiger partial charge in [0.2, 0.25) is 6.10 Å². The number of likely N-dealkylation sites (tertiary alicyclic amines) is 1. The molecule has 0 aromatic heterocycles. The van der Waals surface area contributed by atoms with Crippen molar-refractivity contribution < 1.29 is 19.2 Å². The van der Waals surface area contributed by atoms with Crippen molar-refractivity contribution in [2.75, 3.05) is 13.1 Å². The minimum atomic E-state index is -1.10. The minimum Gasteiger partial charge on any atom is -0.444 e. The fourth-order valence-corrected chi connectivity index (χ4v) is 3.37. The van der Waals surface area contributed by atoms with Crippen molar-refractivity contribution >= 4 is 29.2 Å². The molecule has 1 aliphatic heterocycles. The fourth-order valence-electron chi connectivity index (χ4n) is 3.12. The zero-order valence-corrected chi connectivity index (χ0v) is 15.8. The monoisotopic (exact) mass is 402 g/mol. The maximum absolute atomic E-state index is 13.0. The van der Waals surface area contributed by atoms with Gasteiger partial charge in [0.05, 0.1) is 15.5 Å². The molecule has 1 heterocycles. The normalized spacial score (nSPS) is 15.0. The number of nitrogens with zero attached hydrogens (tertiary/aromatic N) is 2. The summed E-state index contributed by atoms with van der Waals surface area (Å²) < 4.78 is 5.53. The molecule has 0 radical (unpaired) electrons. The van der Waals surface area contributed by atoms with Crippen LogP contribution in [0.5, 0.6) is 0 Å². The van der Waals surface area contributed by atoms with E-state index in [2.05, 4.69) is 0 Å². The highest BCUT2D eigenvalue weighted by Gasteiger charge is 2.31. The maximum Gasteiger partial charge on any atom is 0.340 e. The lowest BCUT2D eigenvalue weighted by Crippen LogP contribution is -2.40. The number of hydrogen-bond donors (Lipinski definition) is 0. The number of nitro groups is 1. The molecule has 146 valence electrons. The average molecular weight is 403 g/mol. The SMILES string of the molecule is O=C(O[C@H](C(=O)N1CCCCC1)c1ccccc1)c1ccc([N+](=O)[O-])cc1Cl. The number of nitro benzene ring substituents is 1. The number of piperidine rings is 1. The van der Waals surface area contributed by atoms with Gasteiger partial charge in [-0.15, -0.1) is 0 Å². The molecular weight excluding hydrogens is 384 g/mol. The van der Waals surface area contributed by atoms with Crippen LogP contribution in [0.3, 0.4) is 0 Å². The molecule has 1 amide bonds. The molecular formula is C20H19ClN2O5. The van der Waals surface area contributed by atoms with Crippen molar-refractivity contribution in [3.05, 3.63) is 74.8 Å². The Hall–Kier alpha value is -2.93. The Morgan fingerprint density at radius 2 is 1.75 bits per heavy atom. The van der Waals surface area contributed by atoms with Crippen LogP contribution in [0, 0.1) is 10.1 Å². The second-order valence-electron chi connectivity index (χ2n) is 6.50. The van der Waals surface area contributed by atoms with Crippen LogP contribution in [-0.2, 0) is 9.53 Å². The van der Waals surface area contributed by atoms with E-state index in [9.17, 15) is 19.7 Å². The predicted octanol–water partition coefficient (Wildman–Crippen LogP) is 4.16. The number of ether oxygens (including phenoxy) is 1. The van der Waals surface area contributed by atoms with Gasteiger partial charge in [0, 0.05) is 30.8 Å². The van der Waals surface area contributed by atoms with E-state index in [1.54, 1.807) is 35.2 Å². The zero-order valence-electron chi connectivity index (χ0n) is 15.0. The van der Waals surface area contributed by atoms with Crippen molar-refractivity contribution in [3.8, 4) is 0 Å². The van der Waals surface area contributed by atoms with Gasteiger partial charge in [-0.3, -0.25) is 14.9 Å². The van der Waals surface area contributed by atoms with Crippen molar-refractivity contribution in [2.24, 2.45) is 0 Å². The molecule has 0 aliphatic carbocycles. The summed E-state index contributed by atoms with van der Waals surface area (Å²) in [6.07, 6.45) is 1.79. The number of rotatable bonds is 5. The average Bonchev–Trinajstić information content (AvgIpc) is 2.72. The van der Waals surface area contributed by atoms with E-state index in [-0.39, 0.29) is 22.2 Å². The standard InChI is InChI=1S/C20H19ClN2O5/c21-17-13-15(23(26)27)9-10-16(17)20(25)28-18(14-7-3-1-4-8-14)19(24)22-11-5-2-6-12-22/h1,3-4,7-10,13,18H,2,5-6,11-12H2/t18-/m0/s1. The summed E-state index contributed by atoms with van der Waals surface area (Å²) in [6.45, 7) is 1.25. The van der Waals surface area contributed by atoms with Crippen LogP contribution in [0.1, 0.15) is 41.3 Å². The van der Waals surface area contributed by atoms with Gasteiger partial charge in [-0.2, -0.15) is 0 Å². The molecule has 3 rings (SSSR count). The van der Waals surface area contributed by atoms with Gasteiger partial charge in [0.15, 0.2) is 0 Å². The first-order valence-corrected chi connectivity index (χ1v) is 9.34. The molecule has 1 aliphatic rings. The summed E-state index contributed by atoms with van der Waals surface area (Å²) in [5.74, 6) is -1.09. The zero-order chi connectivity index (χ0) is 20.1. The van der Waals surface area contributed by atoms with Gasteiger partial charge < -0.3 is 9.64 Å². The highest BCUT2D eigenvalue weighted by molar-refractivity contribution is 6.33. The van der Waals surface area contributed by atoms with E-state index in [0.29, 0.717) is 18.7 Å². The fraction of sp³-hybridized carbons (Fsp3) is 0.300. The smallest absolute Gasteiger partial charge is 0.340 e. The van der Waals surface area contributed by atoms with Crippen LogP contribution in [0.25, 0.3) is 0 Å². The van der Waals surface area contributed by atoms with Crippen LogP contribution in [0.15, 0.2) is 48.5 Å². The molecule has 2 aromatic carbocycles. The molecule has 0 spiro atoms. The number of esters is 1. The van der Waals surface area contributed by atoms with Crippen LogP contribution in [0.2, 0.25) is 5.02 Å². The molecule has 0 unspecified atom stereocenters. The molecule has 8 heteroatoms. The molecule has 2 aromatic rings. The van der Waals surface area contributed by atoms with Gasteiger partial charge in [0.25, 0.3) is 11.6 Å². The summed E-state index contributed by atoms with van der Waals surface area (Å²) in [7, 11) is 0. The lowest BCUT2D eigenvalue weighted by atomic mass is 10.1. The van der Waals surface area contributed by atoms with E-state index < -0.39 is 17.0 Å².